The first-order valence-electron chi connectivity index (χ1n) is 6.75. The lowest BCUT2D eigenvalue weighted by atomic mass is 10.1. The van der Waals surface area contributed by atoms with Crippen molar-refractivity contribution >= 4 is 22.1 Å². The number of alkyl halides is 3. The van der Waals surface area contributed by atoms with Crippen LogP contribution in [0.25, 0.3) is 10.8 Å². The molecule has 0 aromatic heterocycles. The highest BCUT2D eigenvalue weighted by molar-refractivity contribution is 5.95. The summed E-state index contributed by atoms with van der Waals surface area (Å²) in [6.45, 7) is 0. The van der Waals surface area contributed by atoms with Crippen LogP contribution in [0.2, 0.25) is 0 Å². The van der Waals surface area contributed by atoms with Gasteiger partial charge in [-0.1, -0.05) is 30.3 Å². The SMILES string of the molecule is Oc1ccc2ccccc2c1N=Nc1ccc(C(F)(F)F)cc1. The number of hydrogen-bond donors (Lipinski definition) is 1. The van der Waals surface area contributed by atoms with Crippen LogP contribution in [0.1, 0.15) is 5.56 Å². The average Bonchev–Trinajstić information content (AvgIpc) is 2.53. The van der Waals surface area contributed by atoms with Gasteiger partial charge >= 0.3 is 6.18 Å². The van der Waals surface area contributed by atoms with Gasteiger partial charge < -0.3 is 5.11 Å². The van der Waals surface area contributed by atoms with Crippen LogP contribution in [0, 0.1) is 0 Å². The van der Waals surface area contributed by atoms with E-state index in [1.165, 1.54) is 18.2 Å². The minimum Gasteiger partial charge on any atom is -0.506 e. The van der Waals surface area contributed by atoms with Gasteiger partial charge in [0.05, 0.1) is 11.3 Å². The van der Waals surface area contributed by atoms with E-state index in [1.54, 1.807) is 18.2 Å². The molecule has 3 nitrogen and oxygen atoms in total. The zero-order chi connectivity index (χ0) is 16.4. The first-order chi connectivity index (χ1) is 10.9. The molecule has 0 atom stereocenters. The van der Waals surface area contributed by atoms with Gasteiger partial charge in [-0.15, -0.1) is 5.11 Å². The molecule has 0 saturated carbocycles. The Morgan fingerprint density at radius 1 is 0.783 bits per heavy atom. The molecule has 116 valence electrons. The van der Waals surface area contributed by atoms with Crippen LogP contribution >= 0.6 is 0 Å². The molecule has 6 heteroatoms. The number of azo groups is 1. The average molecular weight is 316 g/mol. The Labute approximate surface area is 129 Å². The first-order valence-corrected chi connectivity index (χ1v) is 6.75. The van der Waals surface area contributed by atoms with Crippen molar-refractivity contribution in [2.75, 3.05) is 0 Å². The van der Waals surface area contributed by atoms with Crippen LogP contribution in [-0.4, -0.2) is 5.11 Å². The number of rotatable bonds is 2. The van der Waals surface area contributed by atoms with Crippen LogP contribution in [0.15, 0.2) is 70.9 Å². The molecule has 0 amide bonds. The number of hydrogen-bond acceptors (Lipinski definition) is 3. The second-order valence-electron chi connectivity index (χ2n) is 4.90. The van der Waals surface area contributed by atoms with E-state index >= 15 is 0 Å². The number of benzene rings is 3. The number of fused-ring (bicyclic) bond motifs is 1. The molecular weight excluding hydrogens is 305 g/mol. The minimum absolute atomic E-state index is 0.0423. The van der Waals surface area contributed by atoms with E-state index in [-0.39, 0.29) is 17.1 Å². The predicted octanol–water partition coefficient (Wildman–Crippen LogP) is 5.98. The van der Waals surface area contributed by atoms with Gasteiger partial charge in [0.25, 0.3) is 0 Å². The lowest BCUT2D eigenvalue weighted by Gasteiger charge is -2.06. The van der Waals surface area contributed by atoms with Gasteiger partial charge in [-0.2, -0.15) is 18.3 Å². The molecule has 0 radical (unpaired) electrons. The molecule has 0 heterocycles. The Morgan fingerprint density at radius 3 is 2.17 bits per heavy atom. The Morgan fingerprint density at radius 2 is 1.48 bits per heavy atom. The van der Waals surface area contributed by atoms with Gasteiger partial charge in [0, 0.05) is 5.39 Å². The van der Waals surface area contributed by atoms with E-state index in [2.05, 4.69) is 10.2 Å². The third kappa shape index (κ3) is 3.15. The van der Waals surface area contributed by atoms with Crippen LogP contribution in [0.3, 0.4) is 0 Å². The molecule has 23 heavy (non-hydrogen) atoms. The quantitative estimate of drug-likeness (QED) is 0.581. The molecule has 3 rings (SSSR count). The summed E-state index contributed by atoms with van der Waals surface area (Å²) >= 11 is 0. The van der Waals surface area contributed by atoms with Gasteiger partial charge in [0.15, 0.2) is 0 Å². The Kier molecular flexibility index (Phi) is 3.73. The topological polar surface area (TPSA) is 45.0 Å². The summed E-state index contributed by atoms with van der Waals surface area (Å²) in [6, 6.07) is 14.9. The largest absolute Gasteiger partial charge is 0.506 e. The molecule has 0 aliphatic rings. The maximum atomic E-state index is 12.5. The van der Waals surface area contributed by atoms with E-state index in [0.717, 1.165) is 17.5 Å². The Hall–Kier alpha value is -2.89. The number of aromatic hydroxyl groups is 1. The van der Waals surface area contributed by atoms with Gasteiger partial charge in [0.1, 0.15) is 11.4 Å². The normalized spacial score (nSPS) is 12.1. The molecule has 0 saturated heterocycles. The summed E-state index contributed by atoms with van der Waals surface area (Å²) in [7, 11) is 0. The molecule has 0 unspecified atom stereocenters. The van der Waals surface area contributed by atoms with Crippen molar-refractivity contribution in [1.29, 1.82) is 0 Å². The summed E-state index contributed by atoms with van der Waals surface area (Å²) in [6.07, 6.45) is -4.39. The number of nitrogens with zero attached hydrogens (tertiary/aromatic N) is 2. The fraction of sp³-hybridized carbons (Fsp3) is 0.0588. The number of phenols is 1. The van der Waals surface area contributed by atoms with E-state index in [4.69, 9.17) is 0 Å². The van der Waals surface area contributed by atoms with Gasteiger partial charge in [-0.25, -0.2) is 0 Å². The number of halogens is 3. The smallest absolute Gasteiger partial charge is 0.416 e. The molecule has 0 bridgehead atoms. The molecule has 1 N–H and O–H groups in total. The number of phenolic OH excluding ortho intramolecular Hbond substituents is 1. The minimum atomic E-state index is -4.39. The second-order valence-corrected chi connectivity index (χ2v) is 4.90. The Balaban J connectivity index is 1.96. The summed E-state index contributed by atoms with van der Waals surface area (Å²) in [4.78, 5) is 0. The van der Waals surface area contributed by atoms with Crippen molar-refractivity contribution in [2.45, 2.75) is 6.18 Å². The highest BCUT2D eigenvalue weighted by Gasteiger charge is 2.29. The maximum absolute atomic E-state index is 12.5. The fourth-order valence-electron chi connectivity index (χ4n) is 2.17. The summed E-state index contributed by atoms with van der Waals surface area (Å²) in [5, 5.41) is 19.4. The molecule has 0 aliphatic carbocycles. The highest BCUT2D eigenvalue weighted by atomic mass is 19.4. The molecule has 0 fully saturated rings. The van der Waals surface area contributed by atoms with E-state index in [1.807, 2.05) is 12.1 Å². The predicted molar refractivity (Wildman–Crippen MR) is 81.2 cm³/mol. The molecule has 0 spiro atoms. The van der Waals surface area contributed by atoms with Crippen molar-refractivity contribution in [3.8, 4) is 5.75 Å². The molecule has 0 aliphatic heterocycles. The third-order valence-electron chi connectivity index (χ3n) is 3.34. The van der Waals surface area contributed by atoms with Crippen molar-refractivity contribution < 1.29 is 18.3 Å². The van der Waals surface area contributed by atoms with Gasteiger partial charge in [-0.3, -0.25) is 0 Å². The monoisotopic (exact) mass is 316 g/mol. The summed E-state index contributed by atoms with van der Waals surface area (Å²) in [5.41, 5.74) is -0.196. The standard InChI is InChI=1S/C17H11F3N2O/c18-17(19,20)12-6-8-13(9-7-12)21-22-16-14-4-2-1-3-11(14)5-10-15(16)23/h1-10,23H. The molecule has 3 aromatic rings. The summed E-state index contributed by atoms with van der Waals surface area (Å²) in [5.74, 6) is -0.0423. The summed E-state index contributed by atoms with van der Waals surface area (Å²) < 4.78 is 37.5. The van der Waals surface area contributed by atoms with Crippen LogP contribution < -0.4 is 0 Å². The van der Waals surface area contributed by atoms with E-state index in [0.29, 0.717) is 5.39 Å². The third-order valence-corrected chi connectivity index (χ3v) is 3.34. The maximum Gasteiger partial charge on any atom is 0.416 e. The lowest BCUT2D eigenvalue weighted by Crippen LogP contribution is -2.03. The van der Waals surface area contributed by atoms with E-state index < -0.39 is 11.7 Å². The van der Waals surface area contributed by atoms with Crippen LogP contribution in [-0.2, 0) is 6.18 Å². The van der Waals surface area contributed by atoms with Crippen molar-refractivity contribution in [3.63, 3.8) is 0 Å². The van der Waals surface area contributed by atoms with Gasteiger partial charge in [-0.05, 0) is 35.7 Å². The second kappa shape index (κ2) is 5.72. The zero-order valence-corrected chi connectivity index (χ0v) is 11.7. The van der Waals surface area contributed by atoms with Crippen molar-refractivity contribution in [2.24, 2.45) is 10.2 Å². The lowest BCUT2D eigenvalue weighted by molar-refractivity contribution is -0.137. The van der Waals surface area contributed by atoms with Crippen molar-refractivity contribution in [3.05, 3.63) is 66.2 Å². The highest BCUT2D eigenvalue weighted by Crippen LogP contribution is 2.36. The zero-order valence-electron chi connectivity index (χ0n) is 11.7. The molecule has 3 aromatic carbocycles. The van der Waals surface area contributed by atoms with Gasteiger partial charge in [0.2, 0.25) is 0 Å². The Bertz CT molecular complexity index is 871. The first kappa shape index (κ1) is 15.0. The fourth-order valence-corrected chi connectivity index (χ4v) is 2.17. The van der Waals surface area contributed by atoms with Crippen LogP contribution in [0.4, 0.5) is 24.5 Å². The van der Waals surface area contributed by atoms with Crippen molar-refractivity contribution in [1.82, 2.24) is 0 Å². The van der Waals surface area contributed by atoms with Crippen LogP contribution in [0.5, 0.6) is 5.75 Å². The van der Waals surface area contributed by atoms with E-state index in [9.17, 15) is 18.3 Å². The molecular formula is C17H11F3N2O.